The Hall–Kier alpha value is -1.86. The van der Waals surface area contributed by atoms with Gasteiger partial charge >= 0.3 is 0 Å². The van der Waals surface area contributed by atoms with Gasteiger partial charge in [-0.3, -0.25) is 9.52 Å². The van der Waals surface area contributed by atoms with Crippen molar-refractivity contribution in [3.8, 4) is 0 Å². The summed E-state index contributed by atoms with van der Waals surface area (Å²) in [5.74, 6) is 0.553. The molecule has 0 radical (unpaired) electrons. The lowest BCUT2D eigenvalue weighted by Gasteiger charge is -2.29. The van der Waals surface area contributed by atoms with Gasteiger partial charge in [0.1, 0.15) is 4.21 Å². The minimum absolute atomic E-state index is 0.0238. The Bertz CT molecular complexity index is 830. The number of carbonyl (C=O) groups is 1. The number of hydrogen-bond donors (Lipinski definition) is 2. The van der Waals surface area contributed by atoms with Gasteiger partial charge in [0.15, 0.2) is 0 Å². The molecule has 2 atom stereocenters. The van der Waals surface area contributed by atoms with E-state index in [1.807, 2.05) is 0 Å². The lowest BCUT2D eigenvalue weighted by Crippen LogP contribution is -2.41. The highest BCUT2D eigenvalue weighted by atomic mass is 32.2. The van der Waals surface area contributed by atoms with Crippen molar-refractivity contribution in [1.82, 2.24) is 5.32 Å². The molecule has 1 aromatic carbocycles. The molecule has 1 aliphatic carbocycles. The number of benzene rings is 1. The second kappa shape index (κ2) is 8.22. The lowest BCUT2D eigenvalue weighted by molar-refractivity contribution is -0.121. The van der Waals surface area contributed by atoms with Crippen LogP contribution in [-0.2, 0) is 21.2 Å². The fraction of sp³-hybridized carbons (Fsp3) is 0.421. The minimum Gasteiger partial charge on any atom is -0.353 e. The van der Waals surface area contributed by atoms with Crippen LogP contribution in [-0.4, -0.2) is 20.4 Å². The molecule has 0 bridgehead atoms. The molecule has 26 heavy (non-hydrogen) atoms. The molecule has 0 aliphatic heterocycles. The fourth-order valence-corrected chi connectivity index (χ4v) is 5.34. The van der Waals surface area contributed by atoms with Crippen molar-refractivity contribution in [2.45, 2.75) is 49.3 Å². The summed E-state index contributed by atoms with van der Waals surface area (Å²) in [6.45, 7) is 2.19. The number of nitrogens with one attached hydrogen (secondary N) is 2. The van der Waals surface area contributed by atoms with Crippen LogP contribution >= 0.6 is 11.3 Å². The normalized spacial score (nSPS) is 20.5. The van der Waals surface area contributed by atoms with Crippen molar-refractivity contribution in [1.29, 1.82) is 0 Å². The van der Waals surface area contributed by atoms with E-state index in [0.29, 0.717) is 18.0 Å². The van der Waals surface area contributed by atoms with Crippen molar-refractivity contribution in [3.05, 3.63) is 47.3 Å². The highest BCUT2D eigenvalue weighted by molar-refractivity contribution is 7.94. The summed E-state index contributed by atoms with van der Waals surface area (Å²) in [4.78, 5) is 12.3. The molecular weight excluding hydrogens is 368 g/mol. The van der Waals surface area contributed by atoms with Crippen LogP contribution in [0.5, 0.6) is 0 Å². The van der Waals surface area contributed by atoms with E-state index in [2.05, 4.69) is 17.0 Å². The Balaban J connectivity index is 1.56. The molecule has 5 nitrogen and oxygen atoms in total. The number of thiophene rings is 1. The van der Waals surface area contributed by atoms with E-state index in [4.69, 9.17) is 0 Å². The zero-order chi connectivity index (χ0) is 18.6. The molecule has 7 heteroatoms. The SMILES string of the molecule is C[C@H]1CCCC[C@@H]1NC(=O)Cc1ccc(NS(=O)(=O)c2cccs2)cc1. The quantitative estimate of drug-likeness (QED) is 0.785. The van der Waals surface area contributed by atoms with E-state index < -0.39 is 10.0 Å². The molecule has 1 aromatic heterocycles. The smallest absolute Gasteiger partial charge is 0.271 e. The molecule has 0 spiro atoms. The lowest BCUT2D eigenvalue weighted by atomic mass is 9.86. The molecule has 1 fully saturated rings. The highest BCUT2D eigenvalue weighted by Crippen LogP contribution is 2.24. The summed E-state index contributed by atoms with van der Waals surface area (Å²) < 4.78 is 27.3. The van der Waals surface area contributed by atoms with E-state index >= 15 is 0 Å². The topological polar surface area (TPSA) is 75.3 Å². The third-order valence-electron chi connectivity index (χ3n) is 4.79. The second-order valence-electron chi connectivity index (χ2n) is 6.85. The average molecular weight is 393 g/mol. The molecule has 140 valence electrons. The van der Waals surface area contributed by atoms with E-state index in [1.54, 1.807) is 41.8 Å². The predicted molar refractivity (Wildman–Crippen MR) is 105 cm³/mol. The number of anilines is 1. The summed E-state index contributed by atoms with van der Waals surface area (Å²) in [6, 6.07) is 10.5. The third kappa shape index (κ3) is 4.86. The number of amides is 1. The van der Waals surface area contributed by atoms with Crippen LogP contribution in [0.4, 0.5) is 5.69 Å². The van der Waals surface area contributed by atoms with Crippen LogP contribution in [0.1, 0.15) is 38.2 Å². The largest absolute Gasteiger partial charge is 0.353 e. The maximum atomic E-state index is 12.3. The van der Waals surface area contributed by atoms with Gasteiger partial charge in [0.2, 0.25) is 5.91 Å². The van der Waals surface area contributed by atoms with Gasteiger partial charge in [-0.15, -0.1) is 11.3 Å². The summed E-state index contributed by atoms with van der Waals surface area (Å²) in [5, 5.41) is 4.87. The number of hydrogen-bond acceptors (Lipinski definition) is 4. The van der Waals surface area contributed by atoms with Gasteiger partial charge in [-0.2, -0.15) is 0 Å². The van der Waals surface area contributed by atoms with E-state index in [1.165, 1.54) is 30.6 Å². The van der Waals surface area contributed by atoms with Gasteiger partial charge in [-0.1, -0.05) is 38.0 Å². The average Bonchev–Trinajstić information content (AvgIpc) is 3.14. The van der Waals surface area contributed by atoms with Crippen molar-refractivity contribution in [2.75, 3.05) is 4.72 Å². The van der Waals surface area contributed by atoms with Crippen LogP contribution in [0.2, 0.25) is 0 Å². The van der Waals surface area contributed by atoms with E-state index in [9.17, 15) is 13.2 Å². The molecule has 1 aliphatic rings. The molecule has 0 unspecified atom stereocenters. The molecule has 3 rings (SSSR count). The van der Waals surface area contributed by atoms with E-state index in [0.717, 1.165) is 12.0 Å². The summed E-state index contributed by atoms with van der Waals surface area (Å²) in [7, 11) is -3.54. The predicted octanol–water partition coefficient (Wildman–Crippen LogP) is 3.79. The first-order valence-electron chi connectivity index (χ1n) is 8.89. The van der Waals surface area contributed by atoms with Gasteiger partial charge < -0.3 is 5.32 Å². The monoisotopic (exact) mass is 392 g/mol. The molecular formula is C19H24N2O3S2. The van der Waals surface area contributed by atoms with Crippen molar-refractivity contribution >= 4 is 33.0 Å². The highest BCUT2D eigenvalue weighted by Gasteiger charge is 2.22. The first-order chi connectivity index (χ1) is 12.4. The van der Waals surface area contributed by atoms with Gasteiger partial charge in [0.25, 0.3) is 10.0 Å². The van der Waals surface area contributed by atoms with Crippen LogP contribution < -0.4 is 10.0 Å². The van der Waals surface area contributed by atoms with E-state index in [-0.39, 0.29) is 16.2 Å². The molecule has 1 saturated carbocycles. The Kier molecular flexibility index (Phi) is 5.98. The maximum Gasteiger partial charge on any atom is 0.271 e. The number of carbonyl (C=O) groups excluding carboxylic acids is 1. The Morgan fingerprint density at radius 3 is 2.54 bits per heavy atom. The molecule has 1 amide bonds. The van der Waals surface area contributed by atoms with Crippen LogP contribution in [0.15, 0.2) is 46.0 Å². The van der Waals surface area contributed by atoms with Crippen molar-refractivity contribution in [3.63, 3.8) is 0 Å². The zero-order valence-corrected chi connectivity index (χ0v) is 16.4. The van der Waals surface area contributed by atoms with Crippen LogP contribution in [0, 0.1) is 5.92 Å². The molecule has 2 N–H and O–H groups in total. The van der Waals surface area contributed by atoms with Gasteiger partial charge in [0.05, 0.1) is 6.42 Å². The maximum absolute atomic E-state index is 12.3. The van der Waals surface area contributed by atoms with Gasteiger partial charge in [0, 0.05) is 11.7 Å². The second-order valence-corrected chi connectivity index (χ2v) is 9.70. The summed E-state index contributed by atoms with van der Waals surface area (Å²) in [6.07, 6.45) is 4.95. The van der Waals surface area contributed by atoms with Crippen molar-refractivity contribution < 1.29 is 13.2 Å². The van der Waals surface area contributed by atoms with Crippen LogP contribution in [0.25, 0.3) is 0 Å². The first kappa shape index (κ1) is 18.9. The number of sulfonamides is 1. The Labute approximate surface area is 158 Å². The van der Waals surface area contributed by atoms with Gasteiger partial charge in [-0.25, -0.2) is 8.42 Å². The standard InChI is InChI=1S/C19H24N2O3S2/c1-14-5-2-3-6-17(14)20-18(22)13-15-8-10-16(11-9-15)21-26(23,24)19-7-4-12-25-19/h4,7-12,14,17,21H,2-3,5-6,13H2,1H3,(H,20,22)/t14-,17-/m0/s1. The molecule has 0 saturated heterocycles. The summed E-state index contributed by atoms with van der Waals surface area (Å²) >= 11 is 1.17. The molecule has 2 aromatic rings. The number of rotatable bonds is 6. The zero-order valence-electron chi connectivity index (χ0n) is 14.8. The third-order valence-corrected chi connectivity index (χ3v) is 7.57. The minimum atomic E-state index is -3.54. The van der Waals surface area contributed by atoms with Gasteiger partial charge in [-0.05, 0) is 47.9 Å². The van der Waals surface area contributed by atoms with Crippen LogP contribution in [0.3, 0.4) is 0 Å². The fourth-order valence-electron chi connectivity index (χ4n) is 3.29. The first-order valence-corrected chi connectivity index (χ1v) is 11.2. The van der Waals surface area contributed by atoms with Crippen molar-refractivity contribution in [2.24, 2.45) is 5.92 Å². The summed E-state index contributed by atoms with van der Waals surface area (Å²) in [5.41, 5.74) is 1.36. The Morgan fingerprint density at radius 2 is 1.88 bits per heavy atom. The molecule has 1 heterocycles. The Morgan fingerprint density at radius 1 is 1.15 bits per heavy atom.